The van der Waals surface area contributed by atoms with Gasteiger partial charge in [-0.05, 0) is 48.8 Å². The zero-order valence-electron chi connectivity index (χ0n) is 12.6. The lowest BCUT2D eigenvalue weighted by Gasteiger charge is -2.43. The molecule has 0 saturated carbocycles. The van der Waals surface area contributed by atoms with Crippen LogP contribution in [-0.4, -0.2) is 41.6 Å². The van der Waals surface area contributed by atoms with Crippen molar-refractivity contribution in [2.24, 2.45) is 5.73 Å². The molecule has 21 heavy (non-hydrogen) atoms. The first-order valence-electron chi connectivity index (χ1n) is 6.99. The standard InChI is InChI=1S/C15H21BrFN3S/c1-15(2,3)20-8-6-19(7-9-20)11-5-4-10(14(18)21)12(16)13(11)17/h4-5H,6-9H2,1-3H3,(H2,18,21). The highest BCUT2D eigenvalue weighted by molar-refractivity contribution is 9.10. The highest BCUT2D eigenvalue weighted by Gasteiger charge is 2.27. The predicted octanol–water partition coefficient (Wildman–Crippen LogP) is 3.14. The highest BCUT2D eigenvalue weighted by Crippen LogP contribution is 2.30. The highest BCUT2D eigenvalue weighted by atomic mass is 79.9. The van der Waals surface area contributed by atoms with E-state index in [1.54, 1.807) is 12.1 Å². The maximum atomic E-state index is 14.5. The zero-order chi connectivity index (χ0) is 15.8. The first-order chi connectivity index (χ1) is 9.71. The van der Waals surface area contributed by atoms with Gasteiger partial charge in [0, 0.05) is 37.3 Å². The van der Waals surface area contributed by atoms with E-state index in [1.807, 2.05) is 0 Å². The summed E-state index contributed by atoms with van der Waals surface area (Å²) in [4.78, 5) is 4.69. The van der Waals surface area contributed by atoms with Crippen molar-refractivity contribution in [1.29, 1.82) is 0 Å². The van der Waals surface area contributed by atoms with Gasteiger partial charge >= 0.3 is 0 Å². The van der Waals surface area contributed by atoms with Crippen LogP contribution in [-0.2, 0) is 0 Å². The van der Waals surface area contributed by atoms with Gasteiger partial charge in [-0.15, -0.1) is 0 Å². The van der Waals surface area contributed by atoms with E-state index < -0.39 is 0 Å². The van der Waals surface area contributed by atoms with Gasteiger partial charge in [-0.2, -0.15) is 0 Å². The molecule has 0 aliphatic carbocycles. The summed E-state index contributed by atoms with van der Waals surface area (Å²) in [5.41, 5.74) is 6.89. The minimum Gasteiger partial charge on any atom is -0.389 e. The molecular formula is C15H21BrFN3S. The molecule has 0 aromatic heterocycles. The third kappa shape index (κ3) is 3.55. The lowest BCUT2D eigenvalue weighted by atomic mass is 10.0. The van der Waals surface area contributed by atoms with E-state index in [-0.39, 0.29) is 16.3 Å². The van der Waals surface area contributed by atoms with Crippen molar-refractivity contribution in [3.05, 3.63) is 28.0 Å². The van der Waals surface area contributed by atoms with E-state index in [2.05, 4.69) is 46.5 Å². The fourth-order valence-electron chi connectivity index (χ4n) is 2.59. The van der Waals surface area contributed by atoms with Crippen molar-refractivity contribution in [2.75, 3.05) is 31.1 Å². The van der Waals surface area contributed by atoms with Gasteiger partial charge in [0.25, 0.3) is 0 Å². The van der Waals surface area contributed by atoms with Crippen LogP contribution in [0, 0.1) is 5.82 Å². The average Bonchev–Trinajstić information content (AvgIpc) is 2.40. The van der Waals surface area contributed by atoms with Gasteiger partial charge in [-0.3, -0.25) is 4.90 Å². The van der Waals surface area contributed by atoms with Gasteiger partial charge in [-0.1, -0.05) is 12.2 Å². The van der Waals surface area contributed by atoms with Crippen LogP contribution >= 0.6 is 28.1 Å². The largest absolute Gasteiger partial charge is 0.389 e. The van der Waals surface area contributed by atoms with Crippen LogP contribution in [0.5, 0.6) is 0 Å². The maximum absolute atomic E-state index is 14.5. The van der Waals surface area contributed by atoms with Crippen molar-refractivity contribution in [1.82, 2.24) is 4.90 Å². The summed E-state index contributed by atoms with van der Waals surface area (Å²) >= 11 is 8.19. The lowest BCUT2D eigenvalue weighted by molar-refractivity contribution is 0.128. The van der Waals surface area contributed by atoms with Gasteiger partial charge in [-0.25, -0.2) is 4.39 Å². The summed E-state index contributed by atoms with van der Waals surface area (Å²) in [5.74, 6) is -0.287. The third-order valence-electron chi connectivity index (χ3n) is 3.90. The number of halogens is 2. The molecule has 0 atom stereocenters. The maximum Gasteiger partial charge on any atom is 0.161 e. The molecule has 1 fully saturated rings. The van der Waals surface area contributed by atoms with E-state index in [4.69, 9.17) is 18.0 Å². The number of hydrogen-bond acceptors (Lipinski definition) is 3. The number of hydrogen-bond donors (Lipinski definition) is 1. The van der Waals surface area contributed by atoms with Crippen LogP contribution in [0.1, 0.15) is 26.3 Å². The van der Waals surface area contributed by atoms with Crippen LogP contribution in [0.25, 0.3) is 0 Å². The van der Waals surface area contributed by atoms with Crippen molar-refractivity contribution in [2.45, 2.75) is 26.3 Å². The molecule has 116 valence electrons. The van der Waals surface area contributed by atoms with Gasteiger partial charge in [0.1, 0.15) is 4.99 Å². The Morgan fingerprint density at radius 1 is 1.24 bits per heavy atom. The smallest absolute Gasteiger partial charge is 0.161 e. The first kappa shape index (κ1) is 16.6. The Balaban J connectivity index is 2.18. The topological polar surface area (TPSA) is 32.5 Å². The molecule has 2 rings (SSSR count). The fourth-order valence-corrected chi connectivity index (χ4v) is 3.44. The van der Waals surface area contributed by atoms with Gasteiger partial charge < -0.3 is 10.6 Å². The average molecular weight is 374 g/mol. The molecule has 1 aliphatic rings. The van der Waals surface area contributed by atoms with E-state index in [1.165, 1.54) is 0 Å². The normalized spacial score (nSPS) is 17.1. The Labute approximate surface area is 139 Å². The van der Waals surface area contributed by atoms with Crippen LogP contribution in [0.4, 0.5) is 10.1 Å². The Hall–Kier alpha value is -0.720. The number of benzene rings is 1. The van der Waals surface area contributed by atoms with E-state index in [0.29, 0.717) is 15.7 Å². The predicted molar refractivity (Wildman–Crippen MR) is 93.5 cm³/mol. The number of thiocarbonyl (C=S) groups is 1. The zero-order valence-corrected chi connectivity index (χ0v) is 15.0. The fraction of sp³-hybridized carbons (Fsp3) is 0.533. The molecule has 2 N–H and O–H groups in total. The Morgan fingerprint density at radius 3 is 2.29 bits per heavy atom. The molecule has 1 saturated heterocycles. The lowest BCUT2D eigenvalue weighted by Crippen LogP contribution is -2.53. The Kier molecular flexibility index (Phi) is 4.90. The van der Waals surface area contributed by atoms with Gasteiger partial charge in [0.05, 0.1) is 10.2 Å². The van der Waals surface area contributed by atoms with Crippen LogP contribution in [0.15, 0.2) is 16.6 Å². The number of piperazine rings is 1. The minimum atomic E-state index is -0.287. The molecule has 6 heteroatoms. The second-order valence-electron chi connectivity index (χ2n) is 6.27. The van der Waals surface area contributed by atoms with E-state index in [0.717, 1.165) is 26.2 Å². The van der Waals surface area contributed by atoms with E-state index >= 15 is 0 Å². The number of anilines is 1. The molecule has 0 radical (unpaired) electrons. The summed E-state index contributed by atoms with van der Waals surface area (Å²) in [6.07, 6.45) is 0. The molecule has 0 bridgehead atoms. The number of nitrogens with zero attached hydrogens (tertiary/aromatic N) is 2. The SMILES string of the molecule is CC(C)(C)N1CCN(c2ccc(C(N)=S)c(Br)c2F)CC1. The minimum absolute atomic E-state index is 0.154. The molecule has 1 aromatic rings. The number of nitrogens with two attached hydrogens (primary N) is 1. The van der Waals surface area contributed by atoms with Gasteiger partial charge in [0.15, 0.2) is 5.82 Å². The molecule has 1 aromatic carbocycles. The third-order valence-corrected chi connectivity index (χ3v) is 4.89. The molecule has 1 heterocycles. The molecule has 3 nitrogen and oxygen atoms in total. The van der Waals surface area contributed by atoms with Gasteiger partial charge in [0.2, 0.25) is 0 Å². The Bertz CT molecular complexity index is 549. The molecule has 1 aliphatic heterocycles. The number of rotatable bonds is 2. The summed E-state index contributed by atoms with van der Waals surface area (Å²) in [6, 6.07) is 3.54. The van der Waals surface area contributed by atoms with Crippen LogP contribution in [0.2, 0.25) is 0 Å². The summed E-state index contributed by atoms with van der Waals surface area (Å²) in [7, 11) is 0. The Morgan fingerprint density at radius 2 is 1.81 bits per heavy atom. The summed E-state index contributed by atoms with van der Waals surface area (Å²) < 4.78 is 14.9. The molecule has 0 amide bonds. The van der Waals surface area contributed by atoms with Crippen molar-refractivity contribution in [3.63, 3.8) is 0 Å². The van der Waals surface area contributed by atoms with Crippen molar-refractivity contribution in [3.8, 4) is 0 Å². The van der Waals surface area contributed by atoms with Crippen LogP contribution < -0.4 is 10.6 Å². The molecular weight excluding hydrogens is 353 g/mol. The summed E-state index contributed by atoms with van der Waals surface area (Å²) in [5, 5.41) is 0. The first-order valence-corrected chi connectivity index (χ1v) is 8.19. The second kappa shape index (κ2) is 6.18. The molecule has 0 unspecified atom stereocenters. The quantitative estimate of drug-likeness (QED) is 0.807. The van der Waals surface area contributed by atoms with Crippen LogP contribution in [0.3, 0.4) is 0 Å². The molecule has 0 spiro atoms. The van der Waals surface area contributed by atoms with Crippen molar-refractivity contribution < 1.29 is 4.39 Å². The monoisotopic (exact) mass is 373 g/mol. The second-order valence-corrected chi connectivity index (χ2v) is 7.50. The van der Waals surface area contributed by atoms with E-state index in [9.17, 15) is 4.39 Å². The summed E-state index contributed by atoms with van der Waals surface area (Å²) in [6.45, 7) is 10.1. The van der Waals surface area contributed by atoms with Crippen molar-refractivity contribution >= 4 is 38.8 Å².